The highest BCUT2D eigenvalue weighted by Crippen LogP contribution is 2.31. The second kappa shape index (κ2) is 7.45. The lowest BCUT2D eigenvalue weighted by molar-refractivity contribution is 0.581. The molecule has 8 heteroatoms. The highest BCUT2D eigenvalue weighted by Gasteiger charge is 2.20. The summed E-state index contributed by atoms with van der Waals surface area (Å²) in [6, 6.07) is 3.55. The van der Waals surface area contributed by atoms with Gasteiger partial charge in [-0.1, -0.05) is 22.9 Å². The zero-order valence-electron chi connectivity index (χ0n) is 13.8. The number of halogens is 1. The number of unbranched alkanes of at least 4 members (excludes halogenated alkanes) is 3. The maximum Gasteiger partial charge on any atom is 0.263 e. The predicted molar refractivity (Wildman–Crippen MR) is 99.9 cm³/mol. The van der Waals surface area contributed by atoms with Crippen LogP contribution < -0.4 is 11.5 Å². The number of anilines is 2. The topological polar surface area (TPSA) is 99.7 Å². The normalized spacial score (nSPS) is 11.0. The molecule has 0 aliphatic heterocycles. The molecule has 0 saturated carbocycles. The van der Waals surface area contributed by atoms with E-state index in [2.05, 4.69) is 14.8 Å². The third kappa shape index (κ3) is 3.39. The lowest BCUT2D eigenvalue weighted by atomic mass is 10.1. The van der Waals surface area contributed by atoms with Crippen LogP contribution >= 0.6 is 11.6 Å². The van der Waals surface area contributed by atoms with E-state index < -0.39 is 0 Å². The Morgan fingerprint density at radius 1 is 1.16 bits per heavy atom. The van der Waals surface area contributed by atoms with Crippen molar-refractivity contribution in [2.45, 2.75) is 32.1 Å². The van der Waals surface area contributed by atoms with Gasteiger partial charge in [0.25, 0.3) is 13.1 Å². The summed E-state index contributed by atoms with van der Waals surface area (Å²) in [6.45, 7) is 5.83. The van der Waals surface area contributed by atoms with Crippen molar-refractivity contribution in [3.63, 3.8) is 0 Å². The van der Waals surface area contributed by atoms with Crippen molar-refractivity contribution < 1.29 is 4.42 Å². The summed E-state index contributed by atoms with van der Waals surface area (Å²) in [7, 11) is 0. The third-order valence-corrected chi connectivity index (χ3v) is 4.42. The molecule has 3 aromatic heterocycles. The van der Waals surface area contributed by atoms with Crippen molar-refractivity contribution in [3.8, 4) is 18.0 Å². The average molecular weight is 360 g/mol. The van der Waals surface area contributed by atoms with Gasteiger partial charge in [-0.05, 0) is 31.4 Å². The molecule has 0 radical (unpaired) electrons. The molecule has 0 spiro atoms. The van der Waals surface area contributed by atoms with Gasteiger partial charge in [-0.2, -0.15) is 4.98 Å². The van der Waals surface area contributed by atoms with E-state index in [0.717, 1.165) is 37.7 Å². The number of nitrogens with two attached hydrogens (primary N) is 2. The lowest BCUT2D eigenvalue weighted by Gasteiger charge is -2.10. The van der Waals surface area contributed by atoms with E-state index in [1.165, 1.54) is 0 Å². The molecule has 0 aliphatic carbocycles. The molecule has 130 valence electrons. The molecule has 0 atom stereocenters. The van der Waals surface area contributed by atoms with Gasteiger partial charge in [0.15, 0.2) is 11.5 Å². The van der Waals surface area contributed by atoms with Crippen LogP contribution in [0.15, 0.2) is 22.8 Å². The summed E-state index contributed by atoms with van der Waals surface area (Å²) in [5.41, 5.74) is 13.8. The van der Waals surface area contributed by atoms with Gasteiger partial charge < -0.3 is 15.9 Å². The minimum atomic E-state index is 0.359. The highest BCUT2D eigenvalue weighted by molar-refractivity contribution is 6.30. The van der Waals surface area contributed by atoms with Crippen molar-refractivity contribution in [1.29, 1.82) is 0 Å². The van der Waals surface area contributed by atoms with Crippen LogP contribution in [0.25, 0.3) is 22.1 Å². The van der Waals surface area contributed by atoms with Crippen molar-refractivity contribution in [1.82, 2.24) is 14.4 Å². The van der Waals surface area contributed by atoms with Crippen LogP contribution in [0.5, 0.6) is 0 Å². The molecule has 0 bridgehead atoms. The van der Waals surface area contributed by atoms with E-state index in [1.807, 2.05) is 0 Å². The van der Waals surface area contributed by atoms with Crippen molar-refractivity contribution in [2.75, 3.05) is 18.0 Å². The molecule has 3 rings (SSSR count). The molecular weight excluding hydrogens is 340 g/mol. The number of fused-ring (bicyclic) bond motifs is 1. The number of imidazole rings is 1. The SMILES string of the molecule is C#[N+]CCCCCCc1c(Cl)nc2nc(-c3ccco3)c(N)n2c1N. The van der Waals surface area contributed by atoms with E-state index in [-0.39, 0.29) is 0 Å². The number of hydrogen-bond acceptors (Lipinski definition) is 5. The lowest BCUT2D eigenvalue weighted by Crippen LogP contribution is -2.08. The zero-order chi connectivity index (χ0) is 17.8. The third-order valence-electron chi connectivity index (χ3n) is 4.11. The molecule has 3 aromatic rings. The average Bonchev–Trinajstić information content (AvgIpc) is 3.21. The fourth-order valence-corrected chi connectivity index (χ4v) is 3.08. The summed E-state index contributed by atoms with van der Waals surface area (Å²) in [4.78, 5) is 12.3. The van der Waals surface area contributed by atoms with Gasteiger partial charge in [0.05, 0.1) is 6.26 Å². The molecule has 0 aliphatic rings. The summed E-state index contributed by atoms with van der Waals surface area (Å²) in [6.07, 6.45) is 6.32. The van der Waals surface area contributed by atoms with Crippen LogP contribution in [0, 0.1) is 6.57 Å². The van der Waals surface area contributed by atoms with Crippen LogP contribution in [0.1, 0.15) is 31.2 Å². The Morgan fingerprint density at radius 3 is 2.68 bits per heavy atom. The first-order valence-electron chi connectivity index (χ1n) is 8.15. The van der Waals surface area contributed by atoms with E-state index in [9.17, 15) is 0 Å². The Balaban J connectivity index is 1.85. The molecule has 0 saturated heterocycles. The first-order chi connectivity index (χ1) is 12.1. The fourth-order valence-electron chi connectivity index (χ4n) is 2.81. The molecule has 0 unspecified atom stereocenters. The van der Waals surface area contributed by atoms with Crippen LogP contribution in [0.3, 0.4) is 0 Å². The van der Waals surface area contributed by atoms with Gasteiger partial charge in [0, 0.05) is 12.0 Å². The van der Waals surface area contributed by atoms with Crippen molar-refractivity contribution in [3.05, 3.63) is 34.0 Å². The Kier molecular flexibility index (Phi) is 5.10. The minimum Gasteiger partial charge on any atom is -0.463 e. The van der Waals surface area contributed by atoms with Gasteiger partial charge in [-0.25, -0.2) is 9.38 Å². The smallest absolute Gasteiger partial charge is 0.263 e. The maximum atomic E-state index is 6.32. The Labute approximate surface area is 150 Å². The molecule has 25 heavy (non-hydrogen) atoms. The maximum absolute atomic E-state index is 6.32. The van der Waals surface area contributed by atoms with Crippen molar-refractivity contribution >= 4 is 29.0 Å². The number of aromatic nitrogens is 3. The number of hydrogen-bond donors (Lipinski definition) is 2. The van der Waals surface area contributed by atoms with Crippen LogP contribution in [-0.4, -0.2) is 20.9 Å². The van der Waals surface area contributed by atoms with Crippen LogP contribution in [-0.2, 0) is 6.42 Å². The summed E-state index contributed by atoms with van der Waals surface area (Å²) >= 11 is 6.32. The molecule has 0 fully saturated rings. The monoisotopic (exact) mass is 359 g/mol. The van der Waals surface area contributed by atoms with Gasteiger partial charge in [-0.15, -0.1) is 0 Å². The van der Waals surface area contributed by atoms with Gasteiger partial charge in [-0.3, -0.25) is 0 Å². The van der Waals surface area contributed by atoms with E-state index in [0.29, 0.717) is 40.6 Å². The van der Waals surface area contributed by atoms with E-state index in [1.54, 1.807) is 22.8 Å². The molecule has 0 aromatic carbocycles. The van der Waals surface area contributed by atoms with Crippen LogP contribution in [0.2, 0.25) is 5.15 Å². The summed E-state index contributed by atoms with van der Waals surface area (Å²) < 4.78 is 6.99. The van der Waals surface area contributed by atoms with Gasteiger partial charge in [0.2, 0.25) is 5.78 Å². The standard InChI is InChI=1S/C17H20ClN6O/c1-21-9-5-3-2-4-7-11-14(18)23-17-22-13(12-8-6-10-25-12)16(20)24(17)15(11)19/h1,6,8,10H,2-5,7,9,19-20H2/q+1. The molecule has 7 nitrogen and oxygen atoms in total. The molecule has 3 heterocycles. The predicted octanol–water partition coefficient (Wildman–Crippen LogP) is 3.87. The number of nitrogens with zero attached hydrogens (tertiary/aromatic N) is 4. The van der Waals surface area contributed by atoms with Crippen molar-refractivity contribution in [2.24, 2.45) is 0 Å². The Bertz CT molecular complexity index is 910. The van der Waals surface area contributed by atoms with Gasteiger partial charge in [0.1, 0.15) is 16.8 Å². The quantitative estimate of drug-likeness (QED) is 0.492. The fraction of sp³-hybridized carbons (Fsp3) is 0.353. The summed E-state index contributed by atoms with van der Waals surface area (Å²) in [5, 5.41) is 0.359. The second-order valence-corrected chi connectivity index (χ2v) is 6.15. The second-order valence-electron chi connectivity index (χ2n) is 5.80. The summed E-state index contributed by atoms with van der Waals surface area (Å²) in [5.74, 6) is 1.78. The number of rotatable bonds is 7. The number of nitrogen functional groups attached to an aromatic ring is 2. The van der Waals surface area contributed by atoms with E-state index >= 15 is 0 Å². The molecular formula is C17H20ClN6O+. The van der Waals surface area contributed by atoms with Crippen LogP contribution in [0.4, 0.5) is 11.6 Å². The van der Waals surface area contributed by atoms with Gasteiger partial charge >= 0.3 is 0 Å². The first-order valence-corrected chi connectivity index (χ1v) is 8.53. The minimum absolute atomic E-state index is 0.359. The highest BCUT2D eigenvalue weighted by atomic mass is 35.5. The zero-order valence-corrected chi connectivity index (χ0v) is 14.5. The number of furan rings is 1. The first kappa shape index (κ1) is 17.1. The molecule has 0 amide bonds. The van der Waals surface area contributed by atoms with E-state index in [4.69, 9.17) is 34.1 Å². The Morgan fingerprint density at radius 2 is 1.96 bits per heavy atom. The Hall–Kier alpha value is -2.72. The largest absolute Gasteiger partial charge is 0.463 e. The molecule has 4 N–H and O–H groups in total.